The molecule has 380 valence electrons. The van der Waals surface area contributed by atoms with Gasteiger partial charge in [-0.3, -0.25) is 0 Å². The van der Waals surface area contributed by atoms with Gasteiger partial charge in [-0.25, -0.2) is 9.59 Å². The molecule has 15 heteroatoms. The van der Waals surface area contributed by atoms with Gasteiger partial charge in [0, 0.05) is 37.7 Å². The van der Waals surface area contributed by atoms with Gasteiger partial charge in [0.1, 0.15) is 30.5 Å². The predicted octanol–water partition coefficient (Wildman–Crippen LogP) is 6.42. The van der Waals surface area contributed by atoms with E-state index in [0.717, 1.165) is 12.8 Å². The highest BCUT2D eigenvalue weighted by atomic mass is 16.7. The van der Waals surface area contributed by atoms with Crippen LogP contribution in [0.25, 0.3) is 0 Å². The normalized spacial score (nSPS) is 44.7. The molecule has 0 unspecified atom stereocenters. The Morgan fingerprint density at radius 3 is 1.94 bits per heavy atom. The Balaban J connectivity index is 0.854. The molecule has 4 aliphatic carbocycles. The second-order valence-electron chi connectivity index (χ2n) is 21.5. The number of allylic oxidation sites excluding steroid dienone is 1. The van der Waals surface area contributed by atoms with Crippen molar-refractivity contribution >= 4 is 11.9 Å². The summed E-state index contributed by atoms with van der Waals surface area (Å²) in [5.41, 5.74) is -0.174. The topological polar surface area (TPSA) is 198 Å². The molecule has 15 nitrogen and oxygen atoms in total. The monoisotopic (exact) mass is 963 g/mol. The summed E-state index contributed by atoms with van der Waals surface area (Å²) in [6.45, 7) is 11.7. The van der Waals surface area contributed by atoms with Crippen LogP contribution in [0.15, 0.2) is 72.3 Å². The van der Waals surface area contributed by atoms with Crippen LogP contribution < -0.4 is 0 Å². The molecule has 7 aliphatic rings. The molecule has 0 spiro atoms. The van der Waals surface area contributed by atoms with Crippen molar-refractivity contribution in [3.63, 3.8) is 0 Å². The molecule has 69 heavy (non-hydrogen) atoms. The van der Waals surface area contributed by atoms with E-state index >= 15 is 0 Å². The number of hydrogen-bond donors (Lipinski definition) is 4. The lowest BCUT2D eigenvalue weighted by molar-refractivity contribution is -0.336. The number of esters is 2. The van der Waals surface area contributed by atoms with Crippen LogP contribution >= 0.6 is 0 Å². The molecule has 3 saturated carbocycles. The van der Waals surface area contributed by atoms with Gasteiger partial charge in [0.25, 0.3) is 0 Å². The molecular weight excluding hydrogens is 889 g/mol. The molecule has 6 fully saturated rings. The number of carbonyl (C=O) groups excluding carboxylic acids is 2. The Labute approximate surface area is 406 Å². The number of ether oxygens (including phenoxy) is 9. The molecule has 0 aromatic heterocycles. The second-order valence-corrected chi connectivity index (χ2v) is 21.5. The van der Waals surface area contributed by atoms with E-state index < -0.39 is 103 Å². The van der Waals surface area contributed by atoms with E-state index in [9.17, 15) is 30.0 Å². The van der Waals surface area contributed by atoms with Crippen molar-refractivity contribution in [3.8, 4) is 0 Å². The summed E-state index contributed by atoms with van der Waals surface area (Å²) < 4.78 is 56.5. The molecule has 3 saturated heterocycles. The summed E-state index contributed by atoms with van der Waals surface area (Å²) in [6.07, 6.45) is -2.01. The standard InChI is InChI=1S/C54H74O15/c1-29(65-50(58)33-14-10-8-11-15-33)37-21-23-54(60)38-19-18-35-24-36(20-22-52(35,5)39(38)25-43(53(37,54)6)67-51(59)34-16-12-9-13-17-34)66-46-28-42(61-7)49(32(4)64-46)69-45-27-41(56)48(31(3)63-45)68-44-26-40(55)47(57)30(2)62-44/h8-18,29-32,36-49,55-57,60H,19-28H2,1-7H3/t29-,30-,31-,32-,36+,37-,38-,39+,40+,41-,42+,43-,44+,45+,46+,47-,48-,49-,52+,53+,54+/m1/s1. The summed E-state index contributed by atoms with van der Waals surface area (Å²) in [4.78, 5) is 27.3. The van der Waals surface area contributed by atoms with Crippen molar-refractivity contribution in [1.82, 2.24) is 0 Å². The number of aliphatic hydroxyl groups excluding tert-OH is 3. The fraction of sp³-hybridized carbons (Fsp3) is 0.704. The highest BCUT2D eigenvalue weighted by molar-refractivity contribution is 5.90. The molecule has 2 aromatic carbocycles. The third-order valence-corrected chi connectivity index (χ3v) is 17.7. The summed E-state index contributed by atoms with van der Waals surface area (Å²) in [7, 11) is 1.64. The number of methoxy groups -OCH3 is 1. The van der Waals surface area contributed by atoms with E-state index in [1.807, 2.05) is 50.2 Å². The van der Waals surface area contributed by atoms with E-state index in [2.05, 4.69) is 19.9 Å². The van der Waals surface area contributed by atoms with Gasteiger partial charge in [-0.2, -0.15) is 0 Å². The van der Waals surface area contributed by atoms with Crippen LogP contribution in [0.4, 0.5) is 0 Å². The largest absolute Gasteiger partial charge is 0.459 e. The van der Waals surface area contributed by atoms with Gasteiger partial charge >= 0.3 is 11.9 Å². The molecule has 0 radical (unpaired) electrons. The number of aliphatic hydroxyl groups is 4. The van der Waals surface area contributed by atoms with E-state index in [1.165, 1.54) is 5.57 Å². The van der Waals surface area contributed by atoms with Crippen LogP contribution in [0.2, 0.25) is 0 Å². The molecule has 9 rings (SSSR count). The quantitative estimate of drug-likeness (QED) is 0.134. The van der Waals surface area contributed by atoms with Gasteiger partial charge in [0.05, 0.1) is 59.5 Å². The Hall–Kier alpha value is -3.32. The van der Waals surface area contributed by atoms with E-state index in [-0.39, 0.29) is 48.2 Å². The van der Waals surface area contributed by atoms with Crippen molar-refractivity contribution < 1.29 is 72.6 Å². The maximum Gasteiger partial charge on any atom is 0.338 e. The van der Waals surface area contributed by atoms with Gasteiger partial charge in [0.2, 0.25) is 0 Å². The smallest absolute Gasteiger partial charge is 0.338 e. The van der Waals surface area contributed by atoms with Crippen molar-refractivity contribution in [2.45, 2.75) is 203 Å². The number of rotatable bonds is 12. The van der Waals surface area contributed by atoms with Gasteiger partial charge in [-0.15, -0.1) is 0 Å². The molecule has 3 aliphatic heterocycles. The molecule has 21 atom stereocenters. The third-order valence-electron chi connectivity index (χ3n) is 17.7. The number of fused-ring (bicyclic) bond motifs is 5. The van der Waals surface area contributed by atoms with Gasteiger partial charge in [-0.1, -0.05) is 61.9 Å². The fourth-order valence-corrected chi connectivity index (χ4v) is 13.8. The Morgan fingerprint density at radius 1 is 0.710 bits per heavy atom. The Kier molecular flexibility index (Phi) is 14.9. The first-order valence-corrected chi connectivity index (χ1v) is 25.4. The fourth-order valence-electron chi connectivity index (χ4n) is 13.8. The zero-order valence-corrected chi connectivity index (χ0v) is 41.1. The minimum Gasteiger partial charge on any atom is -0.459 e. The Bertz CT molecular complexity index is 2100. The van der Waals surface area contributed by atoms with Gasteiger partial charge < -0.3 is 63.1 Å². The first-order valence-electron chi connectivity index (χ1n) is 25.4. The minimum atomic E-state index is -1.19. The lowest BCUT2D eigenvalue weighted by atomic mass is 9.44. The van der Waals surface area contributed by atoms with Crippen LogP contribution in [0, 0.1) is 28.6 Å². The van der Waals surface area contributed by atoms with Crippen molar-refractivity contribution in [2.24, 2.45) is 28.6 Å². The van der Waals surface area contributed by atoms with Crippen LogP contribution in [-0.4, -0.2) is 137 Å². The molecule has 2 aromatic rings. The summed E-state index contributed by atoms with van der Waals surface area (Å²) in [5.74, 6) is -1.19. The predicted molar refractivity (Wildman–Crippen MR) is 249 cm³/mol. The SMILES string of the molecule is CO[C@H]1C[C@H](O[C@H]2CC[C@@]3(C)C(=CC[C@@H]4[C@@H]3C[C@@H](OC(=O)c3ccccc3)[C@]3(C)[C@@H]([C@@H](C)OC(=O)c5ccccc5)CC[C@]43O)C2)O[C@H](C)[C@H]1O[C@H]1C[C@@H](O)[C@H](O[C@H]2C[C@H](O)[C@H](O)[C@@H](C)O2)[C@@H](C)O1. The number of benzene rings is 2. The molecule has 4 N–H and O–H groups in total. The van der Waals surface area contributed by atoms with Crippen molar-refractivity contribution in [1.29, 1.82) is 0 Å². The number of carbonyl (C=O) groups is 2. The highest BCUT2D eigenvalue weighted by Gasteiger charge is 2.72. The van der Waals surface area contributed by atoms with Crippen molar-refractivity contribution in [2.75, 3.05) is 7.11 Å². The van der Waals surface area contributed by atoms with Crippen LogP contribution in [-0.2, 0) is 42.6 Å². The van der Waals surface area contributed by atoms with Gasteiger partial charge in [0.15, 0.2) is 18.9 Å². The maximum absolute atomic E-state index is 14.0. The zero-order chi connectivity index (χ0) is 49.0. The van der Waals surface area contributed by atoms with Crippen LogP contribution in [0.5, 0.6) is 0 Å². The van der Waals surface area contributed by atoms with Crippen LogP contribution in [0.3, 0.4) is 0 Å². The summed E-state index contributed by atoms with van der Waals surface area (Å²) in [5, 5.41) is 44.8. The van der Waals surface area contributed by atoms with E-state index in [4.69, 9.17) is 42.6 Å². The molecule has 3 heterocycles. The average molecular weight is 963 g/mol. The zero-order valence-electron chi connectivity index (χ0n) is 41.1. The Morgan fingerprint density at radius 2 is 1.30 bits per heavy atom. The maximum atomic E-state index is 14.0. The second kappa shape index (κ2) is 20.3. The number of hydrogen-bond acceptors (Lipinski definition) is 15. The van der Waals surface area contributed by atoms with E-state index in [1.54, 1.807) is 45.2 Å². The highest BCUT2D eigenvalue weighted by Crippen LogP contribution is 2.69. The third kappa shape index (κ3) is 9.60. The first-order chi connectivity index (χ1) is 32.9. The first kappa shape index (κ1) is 50.6. The van der Waals surface area contributed by atoms with Gasteiger partial charge in [-0.05, 0) is 114 Å². The summed E-state index contributed by atoms with van der Waals surface area (Å²) in [6, 6.07) is 17.9. The van der Waals surface area contributed by atoms with Crippen molar-refractivity contribution in [3.05, 3.63) is 83.4 Å². The molecule has 0 amide bonds. The van der Waals surface area contributed by atoms with Crippen LogP contribution in [0.1, 0.15) is 126 Å². The lowest BCUT2D eigenvalue weighted by Gasteiger charge is -2.63. The minimum absolute atomic E-state index is 0.0176. The van der Waals surface area contributed by atoms with E-state index in [0.29, 0.717) is 49.7 Å². The molecular formula is C54H74O15. The average Bonchev–Trinajstić information content (AvgIpc) is 3.62. The molecule has 0 bridgehead atoms. The lowest BCUT2D eigenvalue weighted by Crippen LogP contribution is -2.67. The summed E-state index contributed by atoms with van der Waals surface area (Å²) >= 11 is 0.